The SMILES string of the molecule is CC(O)C(=O)[O-].CC(O)C(=O)[O-].O=C(O)CC(O)C(=O)O.[Ca+2]. The van der Waals surface area contributed by atoms with Crippen molar-refractivity contribution in [3.05, 3.63) is 0 Å². The molecule has 0 spiro atoms. The zero-order valence-electron chi connectivity index (χ0n) is 11.8. The van der Waals surface area contributed by atoms with E-state index in [1.807, 2.05) is 0 Å². The van der Waals surface area contributed by atoms with Gasteiger partial charge in [-0.1, -0.05) is 0 Å². The van der Waals surface area contributed by atoms with Crippen LogP contribution in [0, 0.1) is 0 Å². The molecule has 0 saturated carbocycles. The number of carbonyl (C=O) groups is 4. The van der Waals surface area contributed by atoms with Gasteiger partial charge in [0.15, 0.2) is 6.10 Å². The summed E-state index contributed by atoms with van der Waals surface area (Å²) >= 11 is 0. The Morgan fingerprint density at radius 3 is 1.14 bits per heavy atom. The normalized spacial score (nSPS) is 12.6. The van der Waals surface area contributed by atoms with Crippen LogP contribution >= 0.6 is 0 Å². The Morgan fingerprint density at radius 1 is 0.864 bits per heavy atom. The fourth-order valence-electron chi connectivity index (χ4n) is 0.253. The molecule has 0 aromatic carbocycles. The molecule has 3 atom stereocenters. The van der Waals surface area contributed by atoms with E-state index in [2.05, 4.69) is 0 Å². The van der Waals surface area contributed by atoms with Crippen LogP contribution in [0.2, 0.25) is 0 Å². The molecule has 0 aliphatic carbocycles. The van der Waals surface area contributed by atoms with Crippen molar-refractivity contribution in [3.63, 3.8) is 0 Å². The van der Waals surface area contributed by atoms with E-state index in [0.29, 0.717) is 0 Å². The van der Waals surface area contributed by atoms with Crippen molar-refractivity contribution in [1.82, 2.24) is 0 Å². The Morgan fingerprint density at radius 2 is 1.09 bits per heavy atom. The summed E-state index contributed by atoms with van der Waals surface area (Å²) in [6, 6.07) is 0. The zero-order valence-corrected chi connectivity index (χ0v) is 14.0. The minimum absolute atomic E-state index is 0. The molecule has 0 aliphatic heterocycles. The molecule has 0 heterocycles. The Labute approximate surface area is 154 Å². The molecular weight excluding hydrogens is 336 g/mol. The summed E-state index contributed by atoms with van der Waals surface area (Å²) < 4.78 is 0. The van der Waals surface area contributed by atoms with E-state index in [9.17, 15) is 29.4 Å². The maximum Gasteiger partial charge on any atom is 2.00 e. The third kappa shape index (κ3) is 27.4. The molecule has 3 unspecified atom stereocenters. The van der Waals surface area contributed by atoms with Crippen molar-refractivity contribution >= 4 is 61.6 Å². The molecule has 12 heteroatoms. The molecule has 124 valence electrons. The number of carboxylic acid groups (broad SMARTS) is 4. The third-order valence-electron chi connectivity index (χ3n) is 1.34. The van der Waals surface area contributed by atoms with E-state index >= 15 is 0 Å². The summed E-state index contributed by atoms with van der Waals surface area (Å²) in [6.07, 6.45) is -5.23. The zero-order chi connectivity index (χ0) is 17.7. The maximum absolute atomic E-state index is 9.72. The average molecular weight is 352 g/mol. The number of hydrogen-bond donors (Lipinski definition) is 5. The van der Waals surface area contributed by atoms with Crippen LogP contribution in [0.3, 0.4) is 0 Å². The van der Waals surface area contributed by atoms with Gasteiger partial charge in [-0.25, -0.2) is 4.79 Å². The first-order valence-electron chi connectivity index (χ1n) is 5.23. The van der Waals surface area contributed by atoms with Gasteiger partial charge < -0.3 is 45.3 Å². The number of rotatable bonds is 5. The molecule has 5 N–H and O–H groups in total. The smallest absolute Gasteiger partial charge is 0.547 e. The molecule has 0 aromatic heterocycles. The van der Waals surface area contributed by atoms with Gasteiger partial charge >= 0.3 is 49.7 Å². The first-order chi connectivity index (χ1) is 9.32. The van der Waals surface area contributed by atoms with Crippen LogP contribution in [0.25, 0.3) is 0 Å². The van der Waals surface area contributed by atoms with Gasteiger partial charge in [-0.05, 0) is 13.8 Å². The third-order valence-corrected chi connectivity index (χ3v) is 1.34. The number of aliphatic carboxylic acids is 4. The van der Waals surface area contributed by atoms with Gasteiger partial charge in [0.2, 0.25) is 0 Å². The summed E-state index contributed by atoms with van der Waals surface area (Å²) in [4.78, 5) is 38.1. The fraction of sp³-hybridized carbons (Fsp3) is 0.600. The van der Waals surface area contributed by atoms with E-state index in [0.717, 1.165) is 13.8 Å². The minimum Gasteiger partial charge on any atom is -0.547 e. The Hall–Kier alpha value is -0.980. The van der Waals surface area contributed by atoms with Gasteiger partial charge in [0.1, 0.15) is 0 Å². The summed E-state index contributed by atoms with van der Waals surface area (Å²) in [5, 5.41) is 58.8. The van der Waals surface area contributed by atoms with Crippen molar-refractivity contribution in [1.29, 1.82) is 0 Å². The minimum atomic E-state index is -1.79. The Bertz CT molecular complexity index is 335. The Kier molecular flexibility index (Phi) is 21.7. The molecule has 0 amide bonds. The fourth-order valence-corrected chi connectivity index (χ4v) is 0.253. The van der Waals surface area contributed by atoms with E-state index in [1.165, 1.54) is 0 Å². The molecule has 0 fully saturated rings. The molecule has 0 bridgehead atoms. The second kappa shape index (κ2) is 16.4. The summed E-state index contributed by atoms with van der Waals surface area (Å²) in [7, 11) is 0. The van der Waals surface area contributed by atoms with Gasteiger partial charge in [-0.2, -0.15) is 0 Å². The van der Waals surface area contributed by atoms with Crippen LogP contribution in [0.4, 0.5) is 0 Å². The van der Waals surface area contributed by atoms with Gasteiger partial charge in [-0.15, -0.1) is 0 Å². The van der Waals surface area contributed by atoms with Crippen LogP contribution in [0.5, 0.6) is 0 Å². The van der Waals surface area contributed by atoms with Crippen LogP contribution in [-0.2, 0) is 19.2 Å². The van der Waals surface area contributed by atoms with Crippen molar-refractivity contribution < 1.29 is 54.9 Å². The molecular formula is C10H16CaO11. The molecule has 0 rings (SSSR count). The molecule has 0 saturated heterocycles. The van der Waals surface area contributed by atoms with Gasteiger partial charge in [0.25, 0.3) is 0 Å². The molecule has 22 heavy (non-hydrogen) atoms. The number of carboxylic acids is 4. The molecule has 0 radical (unpaired) electrons. The number of aliphatic hydroxyl groups is 3. The molecule has 0 aliphatic rings. The van der Waals surface area contributed by atoms with Gasteiger partial charge in [0, 0.05) is 0 Å². The van der Waals surface area contributed by atoms with E-state index in [-0.39, 0.29) is 37.7 Å². The van der Waals surface area contributed by atoms with Crippen LogP contribution in [0.1, 0.15) is 20.3 Å². The van der Waals surface area contributed by atoms with E-state index in [4.69, 9.17) is 25.5 Å². The van der Waals surface area contributed by atoms with Crippen molar-refractivity contribution in [2.45, 2.75) is 38.6 Å². The van der Waals surface area contributed by atoms with Crippen LogP contribution < -0.4 is 10.2 Å². The van der Waals surface area contributed by atoms with Crippen molar-refractivity contribution in [2.75, 3.05) is 0 Å². The van der Waals surface area contributed by atoms with Crippen LogP contribution in [-0.4, -0.2) is 105 Å². The summed E-state index contributed by atoms with van der Waals surface area (Å²) in [6.45, 7) is 2.27. The second-order valence-electron chi connectivity index (χ2n) is 3.44. The summed E-state index contributed by atoms with van der Waals surface area (Å²) in [5.41, 5.74) is 0. The molecule has 0 aromatic rings. The van der Waals surface area contributed by atoms with Crippen molar-refractivity contribution in [3.8, 4) is 0 Å². The first kappa shape index (κ1) is 29.1. The second-order valence-corrected chi connectivity index (χ2v) is 3.44. The van der Waals surface area contributed by atoms with Gasteiger partial charge in [0.05, 0.1) is 30.6 Å². The van der Waals surface area contributed by atoms with Crippen LogP contribution in [0.15, 0.2) is 0 Å². The number of carbonyl (C=O) groups excluding carboxylic acids is 2. The first-order valence-corrected chi connectivity index (χ1v) is 5.23. The predicted molar refractivity (Wildman–Crippen MR) is 65.0 cm³/mol. The standard InChI is InChI=1S/C4H6O5.2C3H6O3.Ca/c5-2(4(8)9)1-3(6)7;2*1-2(4)3(5)6;/h2,5H,1H2,(H,6,7)(H,8,9);2*2,4H,1H3,(H,5,6);/q;;;+2/p-2. The average Bonchev–Trinajstić information content (AvgIpc) is 2.29. The van der Waals surface area contributed by atoms with E-state index < -0.39 is 48.6 Å². The summed E-state index contributed by atoms with van der Waals surface area (Å²) in [5.74, 6) is -5.72. The van der Waals surface area contributed by atoms with Gasteiger partial charge in [-0.3, -0.25) is 4.79 Å². The Balaban J connectivity index is -0.000000112. The topological polar surface area (TPSA) is 216 Å². The quantitative estimate of drug-likeness (QED) is 0.294. The number of hydrogen-bond acceptors (Lipinski definition) is 9. The molecule has 11 nitrogen and oxygen atoms in total. The monoisotopic (exact) mass is 352 g/mol. The van der Waals surface area contributed by atoms with Crippen molar-refractivity contribution in [2.24, 2.45) is 0 Å². The largest absolute Gasteiger partial charge is 2.00 e. The maximum atomic E-state index is 9.72. The van der Waals surface area contributed by atoms with E-state index in [1.54, 1.807) is 0 Å². The number of aliphatic hydroxyl groups excluding tert-OH is 3. The predicted octanol–water partition coefficient (Wildman–Crippen LogP) is -5.24.